The summed E-state index contributed by atoms with van der Waals surface area (Å²) in [7, 11) is -3.46. The summed E-state index contributed by atoms with van der Waals surface area (Å²) in [5.41, 5.74) is 2.43. The van der Waals surface area contributed by atoms with Crippen LogP contribution in [-0.4, -0.2) is 39.7 Å². The molecule has 0 saturated carbocycles. The molecule has 2 rings (SSSR count). The first kappa shape index (κ1) is 22.4. The molecule has 0 heterocycles. The third-order valence-electron chi connectivity index (χ3n) is 4.23. The van der Waals surface area contributed by atoms with E-state index in [0.717, 1.165) is 11.8 Å². The predicted octanol–water partition coefficient (Wildman–Crippen LogP) is 3.36. The topological polar surface area (TPSA) is 92.8 Å². The van der Waals surface area contributed by atoms with Crippen LogP contribution in [0.1, 0.15) is 35.7 Å². The van der Waals surface area contributed by atoms with Gasteiger partial charge in [0, 0.05) is 18.7 Å². The van der Waals surface area contributed by atoms with Crippen molar-refractivity contribution in [3.63, 3.8) is 0 Å². The fraction of sp³-hybridized carbons (Fsp3) is 0.333. The summed E-state index contributed by atoms with van der Waals surface area (Å²) in [5.74, 6) is -0.644. The number of nitrogens with one attached hydrogen (secondary N) is 1. The Kier molecular flexibility index (Phi) is 7.78. The Labute approximate surface area is 171 Å². The third-order valence-corrected chi connectivity index (χ3v) is 5.41. The standard InChI is InChI=1S/C21H26N2O5S/c1-4-28-21(25)17-11-13-18(14-12-17)22-20(24)10-7-15-23(29(3,26)27)19-9-6-5-8-16(19)2/h5-6,8-9,11-14H,4,7,10,15H2,1-3H3,(H,22,24). The predicted molar refractivity (Wildman–Crippen MR) is 114 cm³/mol. The van der Waals surface area contributed by atoms with Crippen molar-refractivity contribution in [2.45, 2.75) is 26.7 Å². The van der Waals surface area contributed by atoms with Gasteiger partial charge in [0.2, 0.25) is 15.9 Å². The van der Waals surface area contributed by atoms with Crippen LogP contribution in [0.5, 0.6) is 0 Å². The van der Waals surface area contributed by atoms with E-state index in [2.05, 4.69) is 5.32 Å². The number of esters is 1. The van der Waals surface area contributed by atoms with Gasteiger partial charge in [-0.05, 0) is 56.2 Å². The molecule has 8 heteroatoms. The van der Waals surface area contributed by atoms with Crippen LogP contribution in [0.15, 0.2) is 48.5 Å². The zero-order valence-corrected chi connectivity index (χ0v) is 17.7. The summed E-state index contributed by atoms with van der Waals surface area (Å²) in [6.07, 6.45) is 1.69. The van der Waals surface area contributed by atoms with E-state index in [1.807, 2.05) is 19.1 Å². The van der Waals surface area contributed by atoms with Gasteiger partial charge in [-0.3, -0.25) is 9.10 Å². The molecule has 0 aliphatic heterocycles. The first-order chi connectivity index (χ1) is 13.7. The van der Waals surface area contributed by atoms with E-state index in [1.54, 1.807) is 43.3 Å². The molecule has 1 N–H and O–H groups in total. The van der Waals surface area contributed by atoms with Gasteiger partial charge < -0.3 is 10.1 Å². The fourth-order valence-electron chi connectivity index (χ4n) is 2.82. The number of carbonyl (C=O) groups is 2. The smallest absolute Gasteiger partial charge is 0.338 e. The number of hydrogen-bond acceptors (Lipinski definition) is 5. The molecule has 7 nitrogen and oxygen atoms in total. The lowest BCUT2D eigenvalue weighted by Crippen LogP contribution is -2.32. The number of rotatable bonds is 9. The molecule has 0 aromatic heterocycles. The third kappa shape index (κ3) is 6.60. The zero-order valence-electron chi connectivity index (χ0n) is 16.8. The van der Waals surface area contributed by atoms with Gasteiger partial charge in [-0.25, -0.2) is 13.2 Å². The molecule has 0 fully saturated rings. The molecule has 0 radical (unpaired) electrons. The molecule has 0 bridgehead atoms. The molecule has 2 aromatic rings. The number of nitrogens with zero attached hydrogens (tertiary/aromatic N) is 1. The second kappa shape index (κ2) is 10.1. The normalized spacial score (nSPS) is 11.0. The van der Waals surface area contributed by atoms with E-state index in [9.17, 15) is 18.0 Å². The quantitative estimate of drug-likeness (QED) is 0.631. The monoisotopic (exact) mass is 418 g/mol. The van der Waals surface area contributed by atoms with Gasteiger partial charge in [-0.2, -0.15) is 0 Å². The maximum absolute atomic E-state index is 12.2. The average molecular weight is 419 g/mol. The molecule has 156 valence electrons. The van der Waals surface area contributed by atoms with Crippen LogP contribution in [0.2, 0.25) is 0 Å². The van der Waals surface area contributed by atoms with E-state index < -0.39 is 16.0 Å². The Morgan fingerprint density at radius 1 is 1.07 bits per heavy atom. The van der Waals surface area contributed by atoms with Gasteiger partial charge in [0.25, 0.3) is 0 Å². The van der Waals surface area contributed by atoms with Crippen LogP contribution in [0.3, 0.4) is 0 Å². The van der Waals surface area contributed by atoms with Crippen molar-refractivity contribution in [1.29, 1.82) is 0 Å². The van der Waals surface area contributed by atoms with E-state index >= 15 is 0 Å². The van der Waals surface area contributed by atoms with Crippen LogP contribution in [0, 0.1) is 6.92 Å². The van der Waals surface area contributed by atoms with E-state index in [0.29, 0.717) is 30.0 Å². The average Bonchev–Trinajstić information content (AvgIpc) is 2.66. The molecular formula is C21H26N2O5S. The van der Waals surface area contributed by atoms with Crippen molar-refractivity contribution >= 4 is 33.3 Å². The largest absolute Gasteiger partial charge is 0.462 e. The molecular weight excluding hydrogens is 392 g/mol. The lowest BCUT2D eigenvalue weighted by molar-refractivity contribution is -0.116. The number of benzene rings is 2. The molecule has 0 aliphatic rings. The molecule has 0 atom stereocenters. The van der Waals surface area contributed by atoms with Crippen LogP contribution in [0.25, 0.3) is 0 Å². The highest BCUT2D eigenvalue weighted by molar-refractivity contribution is 7.92. The number of para-hydroxylation sites is 1. The second-order valence-electron chi connectivity index (χ2n) is 6.57. The summed E-state index contributed by atoms with van der Waals surface area (Å²) < 4.78 is 30.6. The van der Waals surface area contributed by atoms with Crippen LogP contribution in [0.4, 0.5) is 11.4 Å². The van der Waals surface area contributed by atoms with Crippen molar-refractivity contribution in [2.24, 2.45) is 0 Å². The van der Waals surface area contributed by atoms with Crippen LogP contribution >= 0.6 is 0 Å². The van der Waals surface area contributed by atoms with Gasteiger partial charge in [0.1, 0.15) is 0 Å². The van der Waals surface area contributed by atoms with Crippen molar-refractivity contribution < 1.29 is 22.7 Å². The number of ether oxygens (including phenoxy) is 1. The van der Waals surface area contributed by atoms with E-state index in [-0.39, 0.29) is 18.9 Å². The lowest BCUT2D eigenvalue weighted by atomic mass is 10.2. The first-order valence-electron chi connectivity index (χ1n) is 9.32. The van der Waals surface area contributed by atoms with Gasteiger partial charge in [0.15, 0.2) is 0 Å². The van der Waals surface area contributed by atoms with Crippen molar-refractivity contribution in [3.8, 4) is 0 Å². The Bertz CT molecular complexity index is 955. The molecule has 2 aromatic carbocycles. The van der Waals surface area contributed by atoms with Crippen molar-refractivity contribution in [2.75, 3.05) is 29.0 Å². The van der Waals surface area contributed by atoms with E-state index in [1.165, 1.54) is 4.31 Å². The zero-order chi connectivity index (χ0) is 21.4. The Morgan fingerprint density at radius 2 is 1.72 bits per heavy atom. The first-order valence-corrected chi connectivity index (χ1v) is 11.2. The number of carbonyl (C=O) groups excluding carboxylic acids is 2. The number of anilines is 2. The summed E-state index contributed by atoms with van der Waals surface area (Å²) in [4.78, 5) is 23.8. The van der Waals surface area contributed by atoms with Crippen molar-refractivity contribution in [1.82, 2.24) is 0 Å². The summed E-state index contributed by atoms with van der Waals surface area (Å²) >= 11 is 0. The second-order valence-corrected chi connectivity index (χ2v) is 8.48. The molecule has 29 heavy (non-hydrogen) atoms. The maximum atomic E-state index is 12.2. The molecule has 1 amide bonds. The number of sulfonamides is 1. The Balaban J connectivity index is 1.93. The van der Waals surface area contributed by atoms with Gasteiger partial charge >= 0.3 is 5.97 Å². The Morgan fingerprint density at radius 3 is 2.31 bits per heavy atom. The highest BCUT2D eigenvalue weighted by atomic mass is 32.2. The van der Waals surface area contributed by atoms with Crippen LogP contribution in [-0.2, 0) is 19.6 Å². The fourth-order valence-corrected chi connectivity index (χ4v) is 3.84. The molecule has 0 unspecified atom stereocenters. The lowest BCUT2D eigenvalue weighted by Gasteiger charge is -2.24. The van der Waals surface area contributed by atoms with E-state index in [4.69, 9.17) is 4.74 Å². The minimum Gasteiger partial charge on any atom is -0.462 e. The maximum Gasteiger partial charge on any atom is 0.338 e. The SMILES string of the molecule is CCOC(=O)c1ccc(NC(=O)CCCN(c2ccccc2C)S(C)(=O)=O)cc1. The molecule has 0 spiro atoms. The van der Waals surface area contributed by atoms with Gasteiger partial charge in [0.05, 0.1) is 24.1 Å². The van der Waals surface area contributed by atoms with Gasteiger partial charge in [-0.15, -0.1) is 0 Å². The number of hydrogen-bond donors (Lipinski definition) is 1. The highest BCUT2D eigenvalue weighted by Crippen LogP contribution is 2.22. The minimum absolute atomic E-state index is 0.164. The molecule has 0 aliphatic carbocycles. The minimum atomic E-state index is -3.46. The number of amides is 1. The summed E-state index contributed by atoms with van der Waals surface area (Å²) in [5, 5.41) is 2.74. The Hall–Kier alpha value is -2.87. The summed E-state index contributed by atoms with van der Waals surface area (Å²) in [6, 6.07) is 13.6. The van der Waals surface area contributed by atoms with Gasteiger partial charge in [-0.1, -0.05) is 18.2 Å². The molecule has 0 saturated heterocycles. The van der Waals surface area contributed by atoms with Crippen LogP contribution < -0.4 is 9.62 Å². The highest BCUT2D eigenvalue weighted by Gasteiger charge is 2.19. The van der Waals surface area contributed by atoms with Crippen molar-refractivity contribution in [3.05, 3.63) is 59.7 Å². The number of aryl methyl sites for hydroxylation is 1. The summed E-state index contributed by atoms with van der Waals surface area (Å²) in [6.45, 7) is 4.08.